The van der Waals surface area contributed by atoms with Crippen molar-refractivity contribution in [2.75, 3.05) is 25.0 Å². The Morgan fingerprint density at radius 3 is 2.70 bits per heavy atom. The molecule has 4 heterocycles. The minimum atomic E-state index is -0.295. The number of hydrogen-bond acceptors (Lipinski definition) is 4. The first-order valence-electron chi connectivity index (χ1n) is 11.3. The highest BCUT2D eigenvalue weighted by molar-refractivity contribution is 5.96. The first kappa shape index (κ1) is 21.4. The molecule has 0 saturated carbocycles. The molecule has 2 aliphatic rings. The lowest BCUT2D eigenvalue weighted by atomic mass is 9.88. The van der Waals surface area contributed by atoms with Crippen molar-refractivity contribution < 1.29 is 14.0 Å². The summed E-state index contributed by atoms with van der Waals surface area (Å²) in [6, 6.07) is 5.27. The number of carbonyl (C=O) groups excluding carboxylic acids is 2. The van der Waals surface area contributed by atoms with Crippen LogP contribution < -0.4 is 4.90 Å². The van der Waals surface area contributed by atoms with E-state index in [2.05, 4.69) is 15.3 Å². The van der Waals surface area contributed by atoms with Gasteiger partial charge in [0.05, 0.1) is 5.69 Å². The van der Waals surface area contributed by atoms with Gasteiger partial charge in [-0.25, -0.2) is 4.39 Å². The first-order chi connectivity index (χ1) is 15.9. The van der Waals surface area contributed by atoms with Gasteiger partial charge in [-0.3, -0.25) is 19.4 Å². The van der Waals surface area contributed by atoms with Gasteiger partial charge in [-0.05, 0) is 55.4 Å². The maximum atomic E-state index is 15.4. The number of hydrogen-bond donors (Lipinski definition) is 1. The molecule has 0 atom stereocenters. The molecule has 3 aromatic rings. The maximum Gasteiger partial charge on any atom is 0.272 e. The average Bonchev–Trinajstić information content (AvgIpc) is 3.45. The number of fused-ring (bicyclic) bond motifs is 1. The van der Waals surface area contributed by atoms with E-state index < -0.39 is 0 Å². The minimum absolute atomic E-state index is 0.00308. The largest absolute Gasteiger partial charge is 0.337 e. The summed E-state index contributed by atoms with van der Waals surface area (Å²) in [5.41, 5.74) is 3.88. The number of likely N-dealkylation sites (tertiary alicyclic amines) is 1. The number of rotatable bonds is 4. The normalized spacial score (nSPS) is 16.9. The number of anilines is 1. The van der Waals surface area contributed by atoms with Crippen molar-refractivity contribution in [1.82, 2.24) is 24.9 Å². The van der Waals surface area contributed by atoms with Crippen LogP contribution in [0.2, 0.25) is 0 Å². The summed E-state index contributed by atoms with van der Waals surface area (Å²) in [7, 11) is 3.46. The molecule has 1 aromatic carbocycles. The molecule has 8 nitrogen and oxygen atoms in total. The van der Waals surface area contributed by atoms with Crippen molar-refractivity contribution in [1.29, 1.82) is 0 Å². The summed E-state index contributed by atoms with van der Waals surface area (Å²) >= 11 is 0. The number of carbonyl (C=O) groups is 2. The van der Waals surface area contributed by atoms with Crippen molar-refractivity contribution in [3.63, 3.8) is 0 Å². The summed E-state index contributed by atoms with van der Waals surface area (Å²) in [4.78, 5) is 28.1. The Labute approximate surface area is 191 Å². The summed E-state index contributed by atoms with van der Waals surface area (Å²) in [6.07, 6.45) is 6.73. The summed E-state index contributed by atoms with van der Waals surface area (Å²) in [5.74, 6) is 0.110. The Bertz CT molecular complexity index is 1210. The smallest absolute Gasteiger partial charge is 0.272 e. The number of halogens is 1. The topological polar surface area (TPSA) is 87.1 Å². The highest BCUT2D eigenvalue weighted by Gasteiger charge is 2.29. The standard InChI is InChI=1S/C24H27FN6O2/c1-29-19-5-3-18(22(25)17(19)4-6-21(29)32)23-16(14-26-28-23)13-15-8-11-31(12-9-15)24(33)20-7-10-27-30(20)2/h3,5,7,10,14-15H,4,6,8-9,11-13H2,1-2H3,(H,26,28). The van der Waals surface area contributed by atoms with Gasteiger partial charge in [0.15, 0.2) is 0 Å². The van der Waals surface area contributed by atoms with Gasteiger partial charge in [-0.1, -0.05) is 0 Å². The van der Waals surface area contributed by atoms with Crippen LogP contribution >= 0.6 is 0 Å². The van der Waals surface area contributed by atoms with E-state index in [1.165, 1.54) is 4.90 Å². The van der Waals surface area contributed by atoms with Crippen LogP contribution in [0, 0.1) is 11.7 Å². The molecular formula is C24H27FN6O2. The highest BCUT2D eigenvalue weighted by Crippen LogP contribution is 2.36. The number of H-pyrrole nitrogens is 1. The predicted molar refractivity (Wildman–Crippen MR) is 121 cm³/mol. The zero-order chi connectivity index (χ0) is 23.1. The molecule has 0 unspecified atom stereocenters. The molecule has 2 aromatic heterocycles. The Morgan fingerprint density at radius 1 is 1.18 bits per heavy atom. The fourth-order valence-corrected chi connectivity index (χ4v) is 4.98. The molecule has 0 radical (unpaired) electrons. The number of nitrogens with zero attached hydrogens (tertiary/aromatic N) is 5. The number of nitrogens with one attached hydrogen (secondary N) is 1. The van der Waals surface area contributed by atoms with Crippen LogP contribution in [0.4, 0.5) is 10.1 Å². The second-order valence-corrected chi connectivity index (χ2v) is 8.92. The summed E-state index contributed by atoms with van der Waals surface area (Å²) < 4.78 is 17.0. The number of aryl methyl sites for hydroxylation is 1. The molecule has 1 N–H and O–H groups in total. The van der Waals surface area contributed by atoms with Crippen molar-refractivity contribution in [2.45, 2.75) is 32.1 Å². The van der Waals surface area contributed by atoms with E-state index in [0.717, 1.165) is 24.8 Å². The monoisotopic (exact) mass is 450 g/mol. The third-order valence-electron chi connectivity index (χ3n) is 6.97. The van der Waals surface area contributed by atoms with Gasteiger partial charge in [0, 0.05) is 62.8 Å². The van der Waals surface area contributed by atoms with Gasteiger partial charge in [0.2, 0.25) is 5.91 Å². The Kier molecular flexibility index (Phi) is 5.47. The molecule has 0 aliphatic carbocycles. The predicted octanol–water partition coefficient (Wildman–Crippen LogP) is 2.95. The van der Waals surface area contributed by atoms with Crippen molar-refractivity contribution >= 4 is 17.5 Å². The quantitative estimate of drug-likeness (QED) is 0.662. The van der Waals surface area contributed by atoms with Crippen LogP contribution in [-0.4, -0.2) is 56.8 Å². The van der Waals surface area contributed by atoms with Gasteiger partial charge in [-0.15, -0.1) is 0 Å². The maximum absolute atomic E-state index is 15.4. The molecule has 1 saturated heterocycles. The minimum Gasteiger partial charge on any atom is -0.337 e. The third-order valence-corrected chi connectivity index (χ3v) is 6.97. The van der Waals surface area contributed by atoms with Gasteiger partial charge in [0.25, 0.3) is 5.91 Å². The molecular weight excluding hydrogens is 423 g/mol. The molecule has 172 valence electrons. The molecule has 2 amide bonds. The average molecular weight is 451 g/mol. The van der Waals surface area contributed by atoms with E-state index in [9.17, 15) is 9.59 Å². The first-order valence-corrected chi connectivity index (χ1v) is 11.3. The van der Waals surface area contributed by atoms with E-state index in [4.69, 9.17) is 0 Å². The highest BCUT2D eigenvalue weighted by atomic mass is 19.1. The van der Waals surface area contributed by atoms with Crippen LogP contribution in [0.15, 0.2) is 30.6 Å². The SMILES string of the molecule is CN1C(=O)CCc2c1ccc(-c1n[nH]cc1CC1CCN(C(=O)c3ccnn3C)CC1)c2F. The van der Waals surface area contributed by atoms with Crippen LogP contribution in [0.3, 0.4) is 0 Å². The van der Waals surface area contributed by atoms with Crippen molar-refractivity contribution in [2.24, 2.45) is 13.0 Å². The fourth-order valence-electron chi connectivity index (χ4n) is 4.98. The summed E-state index contributed by atoms with van der Waals surface area (Å²) in [5, 5.41) is 11.4. The molecule has 9 heteroatoms. The molecule has 2 aliphatic heterocycles. The molecule has 5 rings (SSSR count). The van der Waals surface area contributed by atoms with Crippen LogP contribution in [0.25, 0.3) is 11.3 Å². The van der Waals surface area contributed by atoms with Crippen LogP contribution in [-0.2, 0) is 24.7 Å². The lowest BCUT2D eigenvalue weighted by Crippen LogP contribution is -2.39. The Balaban J connectivity index is 1.30. The summed E-state index contributed by atoms with van der Waals surface area (Å²) in [6.45, 7) is 1.38. The number of piperidine rings is 1. The van der Waals surface area contributed by atoms with Gasteiger partial charge < -0.3 is 9.80 Å². The van der Waals surface area contributed by atoms with E-state index in [-0.39, 0.29) is 17.6 Å². The van der Waals surface area contributed by atoms with E-state index in [1.54, 1.807) is 37.1 Å². The Hall–Kier alpha value is -3.49. The number of aromatic nitrogens is 4. The van der Waals surface area contributed by atoms with Gasteiger partial charge in [0.1, 0.15) is 11.5 Å². The molecule has 0 spiro atoms. The number of aromatic amines is 1. The molecule has 1 fully saturated rings. The Morgan fingerprint density at radius 2 is 1.97 bits per heavy atom. The van der Waals surface area contributed by atoms with Crippen LogP contribution in [0.5, 0.6) is 0 Å². The second kappa shape index (κ2) is 8.46. The lowest BCUT2D eigenvalue weighted by Gasteiger charge is -2.32. The van der Waals surface area contributed by atoms with E-state index >= 15 is 4.39 Å². The number of benzene rings is 1. The van der Waals surface area contributed by atoms with E-state index in [1.807, 2.05) is 17.2 Å². The zero-order valence-electron chi connectivity index (χ0n) is 18.8. The third kappa shape index (κ3) is 3.81. The van der Waals surface area contributed by atoms with Gasteiger partial charge >= 0.3 is 0 Å². The van der Waals surface area contributed by atoms with Crippen molar-refractivity contribution in [3.8, 4) is 11.3 Å². The second-order valence-electron chi connectivity index (χ2n) is 8.92. The lowest BCUT2D eigenvalue weighted by molar-refractivity contribution is -0.118. The van der Waals surface area contributed by atoms with Crippen LogP contribution in [0.1, 0.15) is 40.9 Å². The molecule has 33 heavy (non-hydrogen) atoms. The van der Waals surface area contributed by atoms with E-state index in [0.29, 0.717) is 60.1 Å². The van der Waals surface area contributed by atoms with Gasteiger partial charge in [-0.2, -0.15) is 10.2 Å². The number of amides is 2. The van der Waals surface area contributed by atoms with Crippen molar-refractivity contribution in [3.05, 3.63) is 53.2 Å². The fraction of sp³-hybridized carbons (Fsp3) is 0.417. The zero-order valence-corrected chi connectivity index (χ0v) is 18.8. The molecule has 0 bridgehead atoms.